The van der Waals surface area contributed by atoms with Crippen molar-refractivity contribution < 1.29 is 9.90 Å². The highest BCUT2D eigenvalue weighted by molar-refractivity contribution is 6.05. The van der Waals surface area contributed by atoms with Crippen LogP contribution in [0.1, 0.15) is 61.6 Å². The molecule has 1 aliphatic heterocycles. The Kier molecular flexibility index (Phi) is 4.85. The minimum absolute atomic E-state index is 0.0342. The molecule has 1 atom stereocenters. The lowest BCUT2D eigenvalue weighted by atomic mass is 9.98. The van der Waals surface area contributed by atoms with Crippen LogP contribution in [-0.4, -0.2) is 49.9 Å². The molecule has 1 aliphatic rings. The van der Waals surface area contributed by atoms with Gasteiger partial charge in [0.1, 0.15) is 0 Å². The van der Waals surface area contributed by atoms with E-state index < -0.39 is 0 Å². The molecule has 6 heteroatoms. The van der Waals surface area contributed by atoms with Crippen LogP contribution in [0.15, 0.2) is 12.3 Å². The number of fused-ring (bicyclic) bond motifs is 1. The Bertz CT molecular complexity index is 736. The second-order valence-corrected chi connectivity index (χ2v) is 6.89. The zero-order valence-corrected chi connectivity index (χ0v) is 14.7. The van der Waals surface area contributed by atoms with Crippen molar-refractivity contribution in [2.75, 3.05) is 13.2 Å². The normalized spacial score (nSPS) is 18.5. The fourth-order valence-corrected chi connectivity index (χ4v) is 3.57. The molecule has 6 nitrogen and oxygen atoms in total. The summed E-state index contributed by atoms with van der Waals surface area (Å²) in [7, 11) is 0. The van der Waals surface area contributed by atoms with Gasteiger partial charge < -0.3 is 10.0 Å². The number of carbonyl (C=O) groups excluding carboxylic acids is 1. The standard InChI is InChI=1S/C18H26N4O2/c1-12(2)22-17-16(11-19-22)15(10-13(3)20-17)18(24)21-8-5-4-6-14(21)7-9-23/h10-12,14,23H,4-9H2,1-3H3. The van der Waals surface area contributed by atoms with Crippen LogP contribution >= 0.6 is 0 Å². The van der Waals surface area contributed by atoms with Crippen molar-refractivity contribution in [1.29, 1.82) is 0 Å². The Balaban J connectivity index is 2.03. The topological polar surface area (TPSA) is 71.2 Å². The van der Waals surface area contributed by atoms with E-state index in [2.05, 4.69) is 23.9 Å². The third-order valence-corrected chi connectivity index (χ3v) is 4.76. The monoisotopic (exact) mass is 330 g/mol. The van der Waals surface area contributed by atoms with Crippen LogP contribution in [0.25, 0.3) is 11.0 Å². The second kappa shape index (κ2) is 6.89. The van der Waals surface area contributed by atoms with E-state index in [0.29, 0.717) is 12.0 Å². The molecule has 0 spiro atoms. The summed E-state index contributed by atoms with van der Waals surface area (Å²) < 4.78 is 1.86. The highest BCUT2D eigenvalue weighted by atomic mass is 16.3. The highest BCUT2D eigenvalue weighted by Gasteiger charge is 2.29. The number of carbonyl (C=O) groups is 1. The number of aliphatic hydroxyl groups excluding tert-OH is 1. The number of aromatic nitrogens is 3. The molecule has 0 radical (unpaired) electrons. The molecule has 0 aromatic carbocycles. The quantitative estimate of drug-likeness (QED) is 0.935. The van der Waals surface area contributed by atoms with Gasteiger partial charge in [0.15, 0.2) is 5.65 Å². The summed E-state index contributed by atoms with van der Waals surface area (Å²) in [5.74, 6) is 0.0342. The van der Waals surface area contributed by atoms with E-state index in [-0.39, 0.29) is 24.6 Å². The number of nitrogens with zero attached hydrogens (tertiary/aromatic N) is 4. The average Bonchev–Trinajstić information content (AvgIpc) is 2.98. The van der Waals surface area contributed by atoms with Crippen LogP contribution in [0.4, 0.5) is 0 Å². The first-order chi connectivity index (χ1) is 11.5. The molecule has 1 amide bonds. The highest BCUT2D eigenvalue weighted by Crippen LogP contribution is 2.26. The molecule has 2 aromatic heterocycles. The van der Waals surface area contributed by atoms with E-state index in [4.69, 9.17) is 0 Å². The summed E-state index contributed by atoms with van der Waals surface area (Å²) in [6.07, 6.45) is 5.49. The molecular weight excluding hydrogens is 304 g/mol. The lowest BCUT2D eigenvalue weighted by Crippen LogP contribution is -2.44. The summed E-state index contributed by atoms with van der Waals surface area (Å²) in [5, 5.41) is 14.5. The van der Waals surface area contributed by atoms with Gasteiger partial charge in [0.05, 0.1) is 17.1 Å². The van der Waals surface area contributed by atoms with E-state index >= 15 is 0 Å². The Hall–Kier alpha value is -1.95. The smallest absolute Gasteiger partial charge is 0.254 e. The van der Waals surface area contributed by atoms with E-state index in [9.17, 15) is 9.90 Å². The Morgan fingerprint density at radius 2 is 2.21 bits per heavy atom. The fraction of sp³-hybridized carbons (Fsp3) is 0.611. The van der Waals surface area contributed by atoms with Gasteiger partial charge in [0, 0.05) is 30.9 Å². The molecule has 1 unspecified atom stereocenters. The first-order valence-corrected chi connectivity index (χ1v) is 8.79. The van der Waals surface area contributed by atoms with E-state index in [0.717, 1.165) is 42.5 Å². The van der Waals surface area contributed by atoms with Crippen molar-refractivity contribution in [3.8, 4) is 0 Å². The maximum atomic E-state index is 13.2. The van der Waals surface area contributed by atoms with Gasteiger partial charge in [-0.15, -0.1) is 0 Å². The van der Waals surface area contributed by atoms with Gasteiger partial charge >= 0.3 is 0 Å². The summed E-state index contributed by atoms with van der Waals surface area (Å²) in [6, 6.07) is 2.18. The van der Waals surface area contributed by atoms with Crippen molar-refractivity contribution in [3.63, 3.8) is 0 Å². The third-order valence-electron chi connectivity index (χ3n) is 4.76. The summed E-state index contributed by atoms with van der Waals surface area (Å²) >= 11 is 0. The predicted octanol–water partition coefficient (Wildman–Crippen LogP) is 2.70. The number of pyridine rings is 1. The van der Waals surface area contributed by atoms with Gasteiger partial charge in [-0.3, -0.25) is 4.79 Å². The molecule has 3 rings (SSSR count). The number of hydrogen-bond acceptors (Lipinski definition) is 4. The molecule has 1 fully saturated rings. The number of hydrogen-bond donors (Lipinski definition) is 1. The minimum Gasteiger partial charge on any atom is -0.396 e. The number of piperidine rings is 1. The lowest BCUT2D eigenvalue weighted by molar-refractivity contribution is 0.0576. The molecule has 24 heavy (non-hydrogen) atoms. The van der Waals surface area contributed by atoms with Gasteiger partial charge in [0.25, 0.3) is 5.91 Å². The van der Waals surface area contributed by atoms with Crippen molar-refractivity contribution in [1.82, 2.24) is 19.7 Å². The van der Waals surface area contributed by atoms with Crippen molar-refractivity contribution in [2.24, 2.45) is 0 Å². The first-order valence-electron chi connectivity index (χ1n) is 8.79. The lowest BCUT2D eigenvalue weighted by Gasteiger charge is -2.35. The number of rotatable bonds is 4. The maximum absolute atomic E-state index is 13.2. The van der Waals surface area contributed by atoms with Crippen LogP contribution < -0.4 is 0 Å². The number of aliphatic hydroxyl groups is 1. The maximum Gasteiger partial charge on any atom is 0.254 e. The molecule has 0 bridgehead atoms. The van der Waals surface area contributed by atoms with E-state index in [1.165, 1.54) is 0 Å². The number of likely N-dealkylation sites (tertiary alicyclic amines) is 1. The van der Waals surface area contributed by atoms with Crippen molar-refractivity contribution in [2.45, 2.75) is 58.5 Å². The molecule has 0 aliphatic carbocycles. The van der Waals surface area contributed by atoms with Gasteiger partial charge in [-0.2, -0.15) is 5.10 Å². The molecular formula is C18H26N4O2. The minimum atomic E-state index is 0.0342. The van der Waals surface area contributed by atoms with Crippen LogP contribution in [0, 0.1) is 6.92 Å². The second-order valence-electron chi connectivity index (χ2n) is 6.89. The third kappa shape index (κ3) is 3.02. The Labute approximate surface area is 142 Å². The molecule has 1 saturated heterocycles. The zero-order chi connectivity index (χ0) is 17.3. The van der Waals surface area contributed by atoms with Crippen LogP contribution in [-0.2, 0) is 0 Å². The molecule has 130 valence electrons. The van der Waals surface area contributed by atoms with E-state index in [1.54, 1.807) is 6.20 Å². The number of amides is 1. The SMILES string of the molecule is Cc1cc(C(=O)N2CCCCC2CCO)c2cnn(C(C)C)c2n1. The molecule has 0 saturated carbocycles. The van der Waals surface area contributed by atoms with Gasteiger partial charge in [-0.25, -0.2) is 9.67 Å². The largest absolute Gasteiger partial charge is 0.396 e. The molecule has 3 heterocycles. The van der Waals surface area contributed by atoms with Crippen LogP contribution in [0.3, 0.4) is 0 Å². The van der Waals surface area contributed by atoms with Crippen LogP contribution in [0.5, 0.6) is 0 Å². The first kappa shape index (κ1) is 16.9. The van der Waals surface area contributed by atoms with Gasteiger partial charge in [0.2, 0.25) is 0 Å². The molecule has 2 aromatic rings. The summed E-state index contributed by atoms with van der Waals surface area (Å²) in [4.78, 5) is 19.7. The fourth-order valence-electron chi connectivity index (χ4n) is 3.57. The number of aryl methyl sites for hydroxylation is 1. The van der Waals surface area contributed by atoms with Crippen molar-refractivity contribution >= 4 is 16.9 Å². The summed E-state index contributed by atoms with van der Waals surface area (Å²) in [5.41, 5.74) is 2.27. The average molecular weight is 330 g/mol. The predicted molar refractivity (Wildman–Crippen MR) is 93.0 cm³/mol. The summed E-state index contributed by atoms with van der Waals surface area (Å²) in [6.45, 7) is 6.89. The molecule has 1 N–H and O–H groups in total. The van der Waals surface area contributed by atoms with Gasteiger partial charge in [-0.05, 0) is 52.5 Å². The van der Waals surface area contributed by atoms with Crippen molar-refractivity contribution in [3.05, 3.63) is 23.5 Å². The zero-order valence-electron chi connectivity index (χ0n) is 14.7. The Morgan fingerprint density at radius 3 is 2.92 bits per heavy atom. The van der Waals surface area contributed by atoms with Gasteiger partial charge in [-0.1, -0.05) is 0 Å². The van der Waals surface area contributed by atoms with E-state index in [1.807, 2.05) is 22.6 Å². The van der Waals surface area contributed by atoms with Crippen LogP contribution in [0.2, 0.25) is 0 Å². The Morgan fingerprint density at radius 1 is 1.42 bits per heavy atom.